The molecule has 0 radical (unpaired) electrons. The molecular weight excluding hydrogens is 264 g/mol. The van der Waals surface area contributed by atoms with Gasteiger partial charge in [0.15, 0.2) is 0 Å². The Hall–Kier alpha value is -2.10. The summed E-state index contributed by atoms with van der Waals surface area (Å²) in [6.45, 7) is 6.62. The number of fused-ring (bicyclic) bond motifs is 1. The number of benzene rings is 1. The number of aryl methyl sites for hydroxylation is 2. The van der Waals surface area contributed by atoms with Crippen LogP contribution < -0.4 is 0 Å². The van der Waals surface area contributed by atoms with Gasteiger partial charge in [0.05, 0.1) is 18.2 Å². The molecule has 0 aliphatic carbocycles. The fraction of sp³-hybridized carbons (Fsp3) is 0.412. The highest BCUT2D eigenvalue weighted by Gasteiger charge is 2.28. The molecule has 110 valence electrons. The average Bonchev–Trinajstić information content (AvgIpc) is 2.79. The molecule has 1 aliphatic heterocycles. The summed E-state index contributed by atoms with van der Waals surface area (Å²) in [6.07, 6.45) is 1.29. The fourth-order valence-corrected chi connectivity index (χ4v) is 3.12. The van der Waals surface area contributed by atoms with Crippen LogP contribution in [-0.2, 0) is 17.6 Å². The molecule has 1 aliphatic rings. The molecule has 0 spiro atoms. The van der Waals surface area contributed by atoms with Crippen LogP contribution >= 0.6 is 0 Å². The normalized spacial score (nSPS) is 17.7. The summed E-state index contributed by atoms with van der Waals surface area (Å²) in [6, 6.07) is 8.50. The first kappa shape index (κ1) is 13.9. The predicted molar refractivity (Wildman–Crippen MR) is 80.0 cm³/mol. The molecule has 2 heterocycles. The molecule has 0 fully saturated rings. The van der Waals surface area contributed by atoms with Crippen LogP contribution in [0.25, 0.3) is 0 Å². The topological polar surface area (TPSA) is 46.3 Å². The van der Waals surface area contributed by atoms with Gasteiger partial charge in [-0.15, -0.1) is 0 Å². The van der Waals surface area contributed by atoms with Crippen molar-refractivity contribution in [3.63, 3.8) is 0 Å². The summed E-state index contributed by atoms with van der Waals surface area (Å²) in [5, 5.41) is 3.92. The van der Waals surface area contributed by atoms with Crippen LogP contribution in [-0.4, -0.2) is 22.5 Å². The van der Waals surface area contributed by atoms with Gasteiger partial charge in [0, 0.05) is 12.1 Å². The Labute approximate surface area is 124 Å². The molecule has 4 heteroatoms. The molecule has 0 saturated carbocycles. The molecular formula is C17H20N2O2. The van der Waals surface area contributed by atoms with Crippen LogP contribution in [0, 0.1) is 13.8 Å². The number of carbonyl (C=O) groups is 1. The second-order valence-corrected chi connectivity index (χ2v) is 5.69. The summed E-state index contributed by atoms with van der Waals surface area (Å²) in [5.41, 5.74) is 4.35. The quantitative estimate of drug-likeness (QED) is 0.851. The first-order chi connectivity index (χ1) is 10.1. The molecule has 0 N–H and O–H groups in total. The van der Waals surface area contributed by atoms with Crippen LogP contribution in [0.2, 0.25) is 0 Å². The van der Waals surface area contributed by atoms with Crippen molar-refractivity contribution >= 4 is 5.91 Å². The zero-order valence-electron chi connectivity index (χ0n) is 12.7. The molecule has 1 amide bonds. The number of hydrogen-bond acceptors (Lipinski definition) is 3. The molecule has 0 saturated heterocycles. The number of rotatable bonds is 2. The summed E-state index contributed by atoms with van der Waals surface area (Å²) >= 11 is 0. The SMILES string of the molecule is Cc1noc(C)c1CC(=O)N1CCc2ccccc2C1C. The van der Waals surface area contributed by atoms with E-state index in [-0.39, 0.29) is 11.9 Å². The van der Waals surface area contributed by atoms with E-state index in [2.05, 4.69) is 30.3 Å². The first-order valence-electron chi connectivity index (χ1n) is 7.37. The van der Waals surface area contributed by atoms with Gasteiger partial charge in [-0.05, 0) is 38.3 Å². The summed E-state index contributed by atoms with van der Waals surface area (Å²) < 4.78 is 5.15. The zero-order chi connectivity index (χ0) is 15.0. The van der Waals surface area contributed by atoms with E-state index in [1.165, 1.54) is 11.1 Å². The van der Waals surface area contributed by atoms with Gasteiger partial charge >= 0.3 is 0 Å². The van der Waals surface area contributed by atoms with Crippen LogP contribution in [0.15, 0.2) is 28.8 Å². The molecule has 1 unspecified atom stereocenters. The predicted octanol–water partition coefficient (Wildman–Crippen LogP) is 2.98. The number of nitrogens with zero attached hydrogens (tertiary/aromatic N) is 2. The van der Waals surface area contributed by atoms with E-state index >= 15 is 0 Å². The highest BCUT2D eigenvalue weighted by molar-refractivity contribution is 5.80. The second-order valence-electron chi connectivity index (χ2n) is 5.69. The van der Waals surface area contributed by atoms with Crippen LogP contribution in [0.1, 0.15) is 41.1 Å². The minimum Gasteiger partial charge on any atom is -0.361 e. The van der Waals surface area contributed by atoms with Crippen molar-refractivity contribution in [1.29, 1.82) is 0 Å². The Morgan fingerprint density at radius 1 is 1.38 bits per heavy atom. The van der Waals surface area contributed by atoms with E-state index in [0.29, 0.717) is 6.42 Å². The molecule has 4 nitrogen and oxygen atoms in total. The lowest BCUT2D eigenvalue weighted by Crippen LogP contribution is -2.39. The Bertz CT molecular complexity index is 656. The second kappa shape index (κ2) is 5.35. The Kier molecular flexibility index (Phi) is 3.53. The van der Waals surface area contributed by atoms with Gasteiger partial charge in [-0.1, -0.05) is 29.4 Å². The third kappa shape index (κ3) is 2.46. The van der Waals surface area contributed by atoms with Crippen molar-refractivity contribution in [3.05, 3.63) is 52.4 Å². The van der Waals surface area contributed by atoms with Crippen LogP contribution in [0.4, 0.5) is 0 Å². The van der Waals surface area contributed by atoms with E-state index in [9.17, 15) is 4.79 Å². The molecule has 1 atom stereocenters. The Morgan fingerprint density at radius 2 is 2.14 bits per heavy atom. The maximum Gasteiger partial charge on any atom is 0.227 e. The highest BCUT2D eigenvalue weighted by Crippen LogP contribution is 2.29. The average molecular weight is 284 g/mol. The standard InChI is InChI=1S/C17H20N2O2/c1-11-16(13(3)21-18-11)10-17(20)19-9-8-14-6-4-5-7-15(14)12(19)2/h4-7,12H,8-10H2,1-3H3. The van der Waals surface area contributed by atoms with E-state index in [1.807, 2.05) is 24.8 Å². The largest absolute Gasteiger partial charge is 0.361 e. The van der Waals surface area contributed by atoms with Crippen molar-refractivity contribution in [2.75, 3.05) is 6.54 Å². The van der Waals surface area contributed by atoms with Gasteiger partial charge in [-0.3, -0.25) is 4.79 Å². The number of amides is 1. The molecule has 21 heavy (non-hydrogen) atoms. The minimum absolute atomic E-state index is 0.128. The first-order valence-corrected chi connectivity index (χ1v) is 7.37. The number of aromatic nitrogens is 1. The lowest BCUT2D eigenvalue weighted by molar-refractivity contribution is -0.133. The van der Waals surface area contributed by atoms with Crippen molar-refractivity contribution in [2.45, 2.75) is 39.7 Å². The van der Waals surface area contributed by atoms with E-state index in [1.54, 1.807) is 0 Å². The van der Waals surface area contributed by atoms with Gasteiger partial charge < -0.3 is 9.42 Å². The molecule has 2 aromatic rings. The van der Waals surface area contributed by atoms with E-state index < -0.39 is 0 Å². The van der Waals surface area contributed by atoms with Crippen molar-refractivity contribution in [3.8, 4) is 0 Å². The van der Waals surface area contributed by atoms with Crippen molar-refractivity contribution in [1.82, 2.24) is 10.1 Å². The van der Waals surface area contributed by atoms with E-state index in [0.717, 1.165) is 30.0 Å². The number of hydrogen-bond donors (Lipinski definition) is 0. The molecule has 3 rings (SSSR count). The van der Waals surface area contributed by atoms with Crippen LogP contribution in [0.3, 0.4) is 0 Å². The van der Waals surface area contributed by atoms with Crippen LogP contribution in [0.5, 0.6) is 0 Å². The minimum atomic E-state index is 0.128. The maximum atomic E-state index is 12.6. The molecule has 0 bridgehead atoms. The van der Waals surface area contributed by atoms with E-state index in [4.69, 9.17) is 4.52 Å². The summed E-state index contributed by atoms with van der Waals surface area (Å²) in [5.74, 6) is 0.886. The zero-order valence-corrected chi connectivity index (χ0v) is 12.7. The third-order valence-corrected chi connectivity index (χ3v) is 4.42. The van der Waals surface area contributed by atoms with Gasteiger partial charge in [-0.2, -0.15) is 0 Å². The smallest absolute Gasteiger partial charge is 0.227 e. The fourth-order valence-electron chi connectivity index (χ4n) is 3.12. The lowest BCUT2D eigenvalue weighted by Gasteiger charge is -2.35. The van der Waals surface area contributed by atoms with Gasteiger partial charge in [0.2, 0.25) is 5.91 Å². The highest BCUT2D eigenvalue weighted by atomic mass is 16.5. The van der Waals surface area contributed by atoms with Crippen molar-refractivity contribution < 1.29 is 9.32 Å². The van der Waals surface area contributed by atoms with Gasteiger partial charge in [0.1, 0.15) is 5.76 Å². The van der Waals surface area contributed by atoms with Crippen molar-refractivity contribution in [2.24, 2.45) is 0 Å². The Morgan fingerprint density at radius 3 is 2.86 bits per heavy atom. The third-order valence-electron chi connectivity index (χ3n) is 4.42. The number of carbonyl (C=O) groups excluding carboxylic acids is 1. The summed E-state index contributed by atoms with van der Waals surface area (Å²) in [4.78, 5) is 14.6. The van der Waals surface area contributed by atoms with Gasteiger partial charge in [0.25, 0.3) is 0 Å². The monoisotopic (exact) mass is 284 g/mol. The molecule has 1 aromatic carbocycles. The lowest BCUT2D eigenvalue weighted by atomic mass is 9.93. The maximum absolute atomic E-state index is 12.6. The summed E-state index contributed by atoms with van der Waals surface area (Å²) in [7, 11) is 0. The molecule has 1 aromatic heterocycles. The Balaban J connectivity index is 1.81. The van der Waals surface area contributed by atoms with Gasteiger partial charge in [-0.25, -0.2) is 0 Å².